The van der Waals surface area contributed by atoms with Crippen LogP contribution in [0.15, 0.2) is 59.5 Å². The molecule has 1 aromatic carbocycles. The minimum atomic E-state index is -0.299. The number of carbonyl (C=O) groups excluding carboxylic acids is 1. The van der Waals surface area contributed by atoms with Gasteiger partial charge in [-0.2, -0.15) is 0 Å². The molecule has 7 heteroatoms. The highest BCUT2D eigenvalue weighted by atomic mass is 19.1. The van der Waals surface area contributed by atoms with Gasteiger partial charge in [0.2, 0.25) is 0 Å². The van der Waals surface area contributed by atoms with Crippen LogP contribution in [0, 0.1) is 5.82 Å². The summed E-state index contributed by atoms with van der Waals surface area (Å²) in [4.78, 5) is 20.3. The van der Waals surface area contributed by atoms with Crippen molar-refractivity contribution in [1.82, 2.24) is 15.3 Å². The molecule has 128 valence electrons. The Balaban J connectivity index is 1.46. The Morgan fingerprint density at radius 2 is 1.96 bits per heavy atom. The van der Waals surface area contributed by atoms with Crippen LogP contribution in [-0.2, 0) is 13.0 Å². The minimum Gasteiger partial charge on any atom is -0.467 e. The molecule has 2 N–H and O–H groups in total. The van der Waals surface area contributed by atoms with E-state index in [1.54, 1.807) is 18.4 Å². The standard InChI is InChI=1S/C18H17FN4O2/c19-14-5-3-13(4-6-14)7-8-20-18(24)16-11-23-17(12-21-16)22-10-15-2-1-9-25-15/h1-6,9,11-12H,7-8,10H2,(H,20,24)(H,22,23). The Morgan fingerprint density at radius 3 is 2.64 bits per heavy atom. The number of anilines is 1. The smallest absolute Gasteiger partial charge is 0.271 e. The summed E-state index contributed by atoms with van der Waals surface area (Å²) in [7, 11) is 0. The van der Waals surface area contributed by atoms with E-state index in [-0.39, 0.29) is 17.4 Å². The quantitative estimate of drug-likeness (QED) is 0.691. The topological polar surface area (TPSA) is 80.0 Å². The Kier molecular flexibility index (Phi) is 5.36. The Labute approximate surface area is 144 Å². The fourth-order valence-electron chi connectivity index (χ4n) is 2.19. The maximum atomic E-state index is 12.8. The van der Waals surface area contributed by atoms with Gasteiger partial charge in [-0.25, -0.2) is 14.4 Å². The lowest BCUT2D eigenvalue weighted by Gasteiger charge is -2.06. The van der Waals surface area contributed by atoms with Crippen molar-refractivity contribution in [3.05, 3.63) is 77.9 Å². The highest BCUT2D eigenvalue weighted by Gasteiger charge is 2.07. The normalized spacial score (nSPS) is 10.4. The summed E-state index contributed by atoms with van der Waals surface area (Å²) in [6.45, 7) is 0.926. The van der Waals surface area contributed by atoms with Gasteiger partial charge in [0.1, 0.15) is 23.1 Å². The maximum absolute atomic E-state index is 12.8. The van der Waals surface area contributed by atoms with Crippen LogP contribution in [0.3, 0.4) is 0 Å². The van der Waals surface area contributed by atoms with Crippen molar-refractivity contribution in [1.29, 1.82) is 0 Å². The van der Waals surface area contributed by atoms with Crippen molar-refractivity contribution in [2.24, 2.45) is 0 Å². The molecule has 1 amide bonds. The van der Waals surface area contributed by atoms with Gasteiger partial charge in [0, 0.05) is 6.54 Å². The Hall–Kier alpha value is -3.22. The lowest BCUT2D eigenvalue weighted by atomic mass is 10.1. The van der Waals surface area contributed by atoms with Crippen molar-refractivity contribution >= 4 is 11.7 Å². The van der Waals surface area contributed by atoms with Gasteiger partial charge in [-0.1, -0.05) is 12.1 Å². The van der Waals surface area contributed by atoms with Crippen LogP contribution >= 0.6 is 0 Å². The number of benzene rings is 1. The third-order valence-electron chi connectivity index (χ3n) is 3.52. The molecule has 25 heavy (non-hydrogen) atoms. The molecule has 0 aliphatic carbocycles. The van der Waals surface area contributed by atoms with Crippen molar-refractivity contribution in [2.45, 2.75) is 13.0 Å². The third-order valence-corrected chi connectivity index (χ3v) is 3.52. The number of furan rings is 1. The minimum absolute atomic E-state index is 0.239. The number of aromatic nitrogens is 2. The molecule has 0 aliphatic rings. The predicted octanol–water partition coefficient (Wildman–Crippen LogP) is 2.79. The van der Waals surface area contributed by atoms with E-state index in [1.807, 2.05) is 12.1 Å². The van der Waals surface area contributed by atoms with Gasteiger partial charge in [-0.05, 0) is 36.2 Å². The van der Waals surface area contributed by atoms with Crippen LogP contribution in [0.25, 0.3) is 0 Å². The zero-order valence-electron chi connectivity index (χ0n) is 13.4. The fourth-order valence-corrected chi connectivity index (χ4v) is 2.19. The van der Waals surface area contributed by atoms with Gasteiger partial charge < -0.3 is 15.1 Å². The van der Waals surface area contributed by atoms with Crippen molar-refractivity contribution in [3.8, 4) is 0 Å². The van der Waals surface area contributed by atoms with Crippen LogP contribution in [0.1, 0.15) is 21.8 Å². The van der Waals surface area contributed by atoms with Gasteiger partial charge in [0.25, 0.3) is 5.91 Å². The number of halogens is 1. The fraction of sp³-hybridized carbons (Fsp3) is 0.167. The maximum Gasteiger partial charge on any atom is 0.271 e. The van der Waals surface area contributed by atoms with Crippen LogP contribution in [0.2, 0.25) is 0 Å². The SMILES string of the molecule is O=C(NCCc1ccc(F)cc1)c1cnc(NCc2ccco2)cn1. The highest BCUT2D eigenvalue weighted by Crippen LogP contribution is 2.06. The molecule has 0 fully saturated rings. The molecule has 2 aromatic heterocycles. The molecule has 0 unspecified atom stereocenters. The molecular formula is C18H17FN4O2. The number of nitrogens with zero attached hydrogens (tertiary/aromatic N) is 2. The summed E-state index contributed by atoms with van der Waals surface area (Å²) in [5.74, 6) is 0.764. The van der Waals surface area contributed by atoms with Crippen LogP contribution in [0.5, 0.6) is 0 Å². The summed E-state index contributed by atoms with van der Waals surface area (Å²) in [6.07, 6.45) is 5.12. The lowest BCUT2D eigenvalue weighted by molar-refractivity contribution is 0.0949. The highest BCUT2D eigenvalue weighted by molar-refractivity contribution is 5.91. The van der Waals surface area contributed by atoms with Crippen LogP contribution < -0.4 is 10.6 Å². The lowest BCUT2D eigenvalue weighted by Crippen LogP contribution is -2.26. The monoisotopic (exact) mass is 340 g/mol. The van der Waals surface area contributed by atoms with Gasteiger partial charge in [-0.3, -0.25) is 4.79 Å². The van der Waals surface area contributed by atoms with Crippen LogP contribution in [-0.4, -0.2) is 22.4 Å². The molecule has 3 aromatic rings. The van der Waals surface area contributed by atoms with Crippen molar-refractivity contribution in [2.75, 3.05) is 11.9 Å². The number of hydrogen-bond acceptors (Lipinski definition) is 5. The molecule has 0 radical (unpaired) electrons. The number of nitrogens with one attached hydrogen (secondary N) is 2. The number of carbonyl (C=O) groups is 1. The molecular weight excluding hydrogens is 323 g/mol. The van der Waals surface area contributed by atoms with E-state index >= 15 is 0 Å². The van der Waals surface area contributed by atoms with Gasteiger partial charge in [0.05, 0.1) is 25.2 Å². The van der Waals surface area contributed by atoms with E-state index in [0.29, 0.717) is 25.3 Å². The van der Waals surface area contributed by atoms with Crippen molar-refractivity contribution in [3.63, 3.8) is 0 Å². The molecule has 6 nitrogen and oxygen atoms in total. The third kappa shape index (κ3) is 4.87. The molecule has 0 aliphatic heterocycles. The summed E-state index contributed by atoms with van der Waals surface area (Å²) in [5, 5.41) is 5.82. The molecule has 0 saturated heterocycles. The molecule has 0 spiro atoms. The van der Waals surface area contributed by atoms with Gasteiger partial charge in [-0.15, -0.1) is 0 Å². The Morgan fingerprint density at radius 1 is 1.12 bits per heavy atom. The van der Waals surface area contributed by atoms with Gasteiger partial charge >= 0.3 is 0 Å². The first-order valence-corrected chi connectivity index (χ1v) is 7.81. The van der Waals surface area contributed by atoms with Crippen LogP contribution in [0.4, 0.5) is 10.2 Å². The summed E-state index contributed by atoms with van der Waals surface area (Å²) >= 11 is 0. The number of rotatable bonds is 7. The molecule has 3 rings (SSSR count). The average Bonchev–Trinajstić information content (AvgIpc) is 3.15. The van der Waals surface area contributed by atoms with E-state index < -0.39 is 0 Å². The second kappa shape index (κ2) is 8.05. The van der Waals surface area contributed by atoms with E-state index in [1.165, 1.54) is 24.5 Å². The first kappa shape index (κ1) is 16.6. The van der Waals surface area contributed by atoms with E-state index in [9.17, 15) is 9.18 Å². The molecule has 0 saturated carbocycles. The second-order valence-electron chi connectivity index (χ2n) is 5.35. The summed E-state index contributed by atoms with van der Waals surface area (Å²) in [5.41, 5.74) is 1.19. The van der Waals surface area contributed by atoms with E-state index in [0.717, 1.165) is 11.3 Å². The largest absolute Gasteiger partial charge is 0.467 e. The number of hydrogen-bond donors (Lipinski definition) is 2. The first-order chi connectivity index (χ1) is 12.2. The molecule has 0 bridgehead atoms. The van der Waals surface area contributed by atoms with Gasteiger partial charge in [0.15, 0.2) is 0 Å². The second-order valence-corrected chi connectivity index (χ2v) is 5.35. The van der Waals surface area contributed by atoms with E-state index in [2.05, 4.69) is 20.6 Å². The predicted molar refractivity (Wildman–Crippen MR) is 90.5 cm³/mol. The van der Waals surface area contributed by atoms with Crippen molar-refractivity contribution < 1.29 is 13.6 Å². The average molecular weight is 340 g/mol. The summed E-state index contributed by atoms with van der Waals surface area (Å²) < 4.78 is 18.0. The Bertz CT molecular complexity index is 802. The molecule has 2 heterocycles. The summed E-state index contributed by atoms with van der Waals surface area (Å²) in [6, 6.07) is 9.85. The zero-order chi connectivity index (χ0) is 17.5. The number of amides is 1. The zero-order valence-corrected chi connectivity index (χ0v) is 13.4. The first-order valence-electron chi connectivity index (χ1n) is 7.81. The van der Waals surface area contributed by atoms with E-state index in [4.69, 9.17) is 4.42 Å². The molecule has 0 atom stereocenters.